The molecular formula is C29H27BrN4O6. The van der Waals surface area contributed by atoms with E-state index < -0.39 is 17.9 Å². The van der Waals surface area contributed by atoms with Crippen molar-refractivity contribution in [2.24, 2.45) is 11.0 Å². The van der Waals surface area contributed by atoms with Gasteiger partial charge in [-0.25, -0.2) is 5.43 Å². The molecule has 3 aromatic rings. The number of carbonyl (C=O) groups is 2. The molecule has 1 heterocycles. The quantitative estimate of drug-likeness (QED) is 0.256. The normalized spacial score (nSPS) is 12.6. The van der Waals surface area contributed by atoms with E-state index in [0.29, 0.717) is 44.2 Å². The van der Waals surface area contributed by atoms with E-state index in [2.05, 4.69) is 37.8 Å². The highest BCUT2D eigenvalue weighted by Gasteiger charge is 2.25. The number of nitriles is 1. The monoisotopic (exact) mass is 606 g/mol. The van der Waals surface area contributed by atoms with Gasteiger partial charge in [-0.1, -0.05) is 32.0 Å². The van der Waals surface area contributed by atoms with E-state index in [1.807, 2.05) is 26.0 Å². The number of hydrogen-bond acceptors (Lipinski definition) is 8. The highest BCUT2D eigenvalue weighted by molar-refractivity contribution is 9.10. The summed E-state index contributed by atoms with van der Waals surface area (Å²) >= 11 is 3.50. The molecular weight excluding hydrogens is 580 g/mol. The van der Waals surface area contributed by atoms with Crippen molar-refractivity contribution in [3.8, 4) is 29.1 Å². The Bertz CT molecular complexity index is 1480. The predicted octanol–water partition coefficient (Wildman–Crippen LogP) is 4.54. The largest absolute Gasteiger partial charge is 0.493 e. The van der Waals surface area contributed by atoms with Gasteiger partial charge in [-0.05, 0) is 63.8 Å². The van der Waals surface area contributed by atoms with Gasteiger partial charge < -0.3 is 24.3 Å². The molecule has 0 saturated heterocycles. The molecule has 11 heteroatoms. The minimum absolute atomic E-state index is 0.102. The lowest BCUT2D eigenvalue weighted by Crippen LogP contribution is -2.48. The number of benzene rings is 3. The van der Waals surface area contributed by atoms with Gasteiger partial charge in [0.25, 0.3) is 11.8 Å². The van der Waals surface area contributed by atoms with Crippen LogP contribution < -0.4 is 29.7 Å². The molecule has 3 aromatic carbocycles. The van der Waals surface area contributed by atoms with Gasteiger partial charge in [0.1, 0.15) is 12.6 Å². The number of amides is 2. The molecule has 10 nitrogen and oxygen atoms in total. The number of methoxy groups -OCH3 is 1. The van der Waals surface area contributed by atoms with Crippen LogP contribution >= 0.6 is 15.9 Å². The first-order valence-electron chi connectivity index (χ1n) is 12.3. The SMILES string of the molecule is COc1cc(C=NNC(=O)C(NC(=O)c2ccc3c(c2)OCO3)C(C)C)cc(Br)c1OCc1ccccc1C#N. The minimum atomic E-state index is -0.830. The van der Waals surface area contributed by atoms with Crippen molar-refractivity contribution >= 4 is 34.0 Å². The summed E-state index contributed by atoms with van der Waals surface area (Å²) in [7, 11) is 1.51. The summed E-state index contributed by atoms with van der Waals surface area (Å²) in [4.78, 5) is 25.7. The number of hydrogen-bond donors (Lipinski definition) is 2. The zero-order valence-corrected chi connectivity index (χ0v) is 23.7. The average Bonchev–Trinajstić information content (AvgIpc) is 3.43. The number of rotatable bonds is 10. The van der Waals surface area contributed by atoms with E-state index in [0.717, 1.165) is 5.56 Å². The van der Waals surface area contributed by atoms with Gasteiger partial charge in [-0.3, -0.25) is 9.59 Å². The summed E-state index contributed by atoms with van der Waals surface area (Å²) in [5, 5.41) is 16.1. The van der Waals surface area contributed by atoms with Crippen LogP contribution in [0.25, 0.3) is 0 Å². The molecule has 0 saturated carbocycles. The van der Waals surface area contributed by atoms with E-state index in [-0.39, 0.29) is 19.3 Å². The van der Waals surface area contributed by atoms with Crippen molar-refractivity contribution in [3.63, 3.8) is 0 Å². The van der Waals surface area contributed by atoms with Crippen molar-refractivity contribution in [1.82, 2.24) is 10.7 Å². The van der Waals surface area contributed by atoms with Crippen LogP contribution in [0.2, 0.25) is 0 Å². The molecule has 1 atom stereocenters. The van der Waals surface area contributed by atoms with Crippen LogP contribution in [0.15, 0.2) is 64.2 Å². The van der Waals surface area contributed by atoms with Crippen LogP contribution in [-0.2, 0) is 11.4 Å². The Kier molecular flexibility index (Phi) is 9.24. The summed E-state index contributed by atoms with van der Waals surface area (Å²) in [5.74, 6) is 0.851. The summed E-state index contributed by atoms with van der Waals surface area (Å²) in [6.07, 6.45) is 1.46. The number of fused-ring (bicyclic) bond motifs is 1. The fraction of sp³-hybridized carbons (Fsp3) is 0.241. The summed E-state index contributed by atoms with van der Waals surface area (Å²) in [5.41, 5.74) is 4.75. The molecule has 4 rings (SSSR count). The third kappa shape index (κ3) is 6.71. The summed E-state index contributed by atoms with van der Waals surface area (Å²) < 4.78 is 22.6. The summed E-state index contributed by atoms with van der Waals surface area (Å²) in [6, 6.07) is 16.8. The first-order valence-corrected chi connectivity index (χ1v) is 13.1. The minimum Gasteiger partial charge on any atom is -0.493 e. The van der Waals surface area contributed by atoms with Crippen molar-refractivity contribution in [2.45, 2.75) is 26.5 Å². The third-order valence-electron chi connectivity index (χ3n) is 6.02. The van der Waals surface area contributed by atoms with Gasteiger partial charge in [0.2, 0.25) is 6.79 Å². The molecule has 1 aliphatic heterocycles. The first kappa shape index (κ1) is 28.4. The van der Waals surface area contributed by atoms with Crippen LogP contribution in [0.3, 0.4) is 0 Å². The smallest absolute Gasteiger partial charge is 0.262 e. The highest BCUT2D eigenvalue weighted by Crippen LogP contribution is 2.37. The van der Waals surface area contributed by atoms with Crippen LogP contribution in [0, 0.1) is 17.2 Å². The van der Waals surface area contributed by atoms with Gasteiger partial charge in [0, 0.05) is 11.1 Å². The van der Waals surface area contributed by atoms with Crippen LogP contribution in [0.1, 0.15) is 40.9 Å². The van der Waals surface area contributed by atoms with Crippen LogP contribution in [-0.4, -0.2) is 38.0 Å². The Balaban J connectivity index is 1.40. The van der Waals surface area contributed by atoms with Crippen molar-refractivity contribution in [1.29, 1.82) is 5.26 Å². The van der Waals surface area contributed by atoms with Crippen LogP contribution in [0.5, 0.6) is 23.0 Å². The Morgan fingerprint density at radius 3 is 2.67 bits per heavy atom. The molecule has 2 amide bonds. The average molecular weight is 607 g/mol. The second-order valence-corrected chi connectivity index (χ2v) is 9.94. The van der Waals surface area contributed by atoms with E-state index in [9.17, 15) is 14.9 Å². The second kappa shape index (κ2) is 13.0. The molecule has 0 aromatic heterocycles. The zero-order valence-electron chi connectivity index (χ0n) is 22.1. The second-order valence-electron chi connectivity index (χ2n) is 9.09. The fourth-order valence-electron chi connectivity index (χ4n) is 3.90. The Hall–Kier alpha value is -4.56. The topological polar surface area (TPSA) is 131 Å². The van der Waals surface area contributed by atoms with Gasteiger partial charge in [-0.2, -0.15) is 10.4 Å². The van der Waals surface area contributed by atoms with Crippen molar-refractivity contribution in [2.75, 3.05) is 13.9 Å². The molecule has 1 aliphatic rings. The van der Waals surface area contributed by atoms with Crippen molar-refractivity contribution < 1.29 is 28.5 Å². The lowest BCUT2D eigenvalue weighted by molar-refractivity contribution is -0.123. The maximum Gasteiger partial charge on any atom is 0.262 e. The number of nitrogens with zero attached hydrogens (tertiary/aromatic N) is 2. The Labute approximate surface area is 240 Å². The number of nitrogens with one attached hydrogen (secondary N) is 2. The molecule has 206 valence electrons. The van der Waals surface area contributed by atoms with E-state index in [1.165, 1.54) is 13.3 Å². The highest BCUT2D eigenvalue weighted by atomic mass is 79.9. The van der Waals surface area contributed by atoms with E-state index in [4.69, 9.17) is 18.9 Å². The fourth-order valence-corrected chi connectivity index (χ4v) is 4.47. The maximum atomic E-state index is 12.9. The Morgan fingerprint density at radius 2 is 1.93 bits per heavy atom. The number of carbonyl (C=O) groups excluding carboxylic acids is 2. The number of ether oxygens (including phenoxy) is 4. The zero-order chi connectivity index (χ0) is 28.6. The predicted molar refractivity (Wildman–Crippen MR) is 151 cm³/mol. The molecule has 0 spiro atoms. The van der Waals surface area contributed by atoms with Gasteiger partial charge in [-0.15, -0.1) is 0 Å². The van der Waals surface area contributed by atoms with E-state index >= 15 is 0 Å². The van der Waals surface area contributed by atoms with Crippen molar-refractivity contribution in [3.05, 3.63) is 81.3 Å². The Morgan fingerprint density at radius 1 is 1.15 bits per heavy atom. The molecule has 0 fully saturated rings. The maximum absolute atomic E-state index is 12.9. The lowest BCUT2D eigenvalue weighted by Gasteiger charge is -2.20. The molecule has 40 heavy (non-hydrogen) atoms. The van der Waals surface area contributed by atoms with E-state index in [1.54, 1.807) is 42.5 Å². The lowest BCUT2D eigenvalue weighted by atomic mass is 10.0. The van der Waals surface area contributed by atoms with Gasteiger partial charge >= 0.3 is 0 Å². The van der Waals surface area contributed by atoms with Gasteiger partial charge in [0.15, 0.2) is 23.0 Å². The van der Waals surface area contributed by atoms with Crippen LogP contribution in [0.4, 0.5) is 0 Å². The molecule has 0 aliphatic carbocycles. The molecule has 2 N–H and O–H groups in total. The standard InChI is InChI=1S/C29H27BrN4O6/c1-17(2)26(33-28(35)19-8-9-23-24(12-19)40-16-39-23)29(36)34-32-14-18-10-22(30)27(25(11-18)37-3)38-15-21-7-5-4-6-20(21)13-31/h4-12,14,17,26H,15-16H2,1-3H3,(H,33,35)(H,34,36). The van der Waals surface area contributed by atoms with Gasteiger partial charge in [0.05, 0.1) is 29.4 Å². The third-order valence-corrected chi connectivity index (χ3v) is 6.61. The number of halogens is 1. The molecule has 1 unspecified atom stereocenters. The summed E-state index contributed by atoms with van der Waals surface area (Å²) in [6.45, 7) is 3.93. The molecule has 0 bridgehead atoms. The number of hydrazone groups is 1. The molecule has 0 radical (unpaired) electrons. The first-order chi connectivity index (χ1) is 19.3.